The summed E-state index contributed by atoms with van der Waals surface area (Å²) in [4.78, 5) is 54.8. The summed E-state index contributed by atoms with van der Waals surface area (Å²) in [5, 5.41) is 0. The zero-order chi connectivity index (χ0) is 62.8. The Kier molecular flexibility index (Phi) is 62.3. The van der Waals surface area contributed by atoms with Crippen molar-refractivity contribution in [1.29, 1.82) is 0 Å². The van der Waals surface area contributed by atoms with Gasteiger partial charge < -0.3 is 18.9 Å². The number of esters is 4. The van der Waals surface area contributed by atoms with Crippen molar-refractivity contribution in [3.8, 4) is 11.5 Å². The summed E-state index contributed by atoms with van der Waals surface area (Å²) < 4.78 is 24.3. The Morgan fingerprint density at radius 1 is 0.253 bits per heavy atom. The monoisotopic (exact) mass is 1220 g/mol. The molecule has 0 unspecified atom stereocenters. The van der Waals surface area contributed by atoms with Crippen molar-refractivity contribution in [2.45, 2.75) is 445 Å². The second-order valence-electron chi connectivity index (χ2n) is 26.7. The predicted molar refractivity (Wildman–Crippen MR) is 371 cm³/mol. The van der Waals surface area contributed by atoms with Crippen molar-refractivity contribution in [2.75, 3.05) is 0 Å². The molecule has 8 heteroatoms. The Balaban J connectivity index is 2.98. The summed E-state index contributed by atoms with van der Waals surface area (Å²) in [7, 11) is 0. The van der Waals surface area contributed by atoms with E-state index in [1.807, 2.05) is 0 Å². The maximum absolute atomic E-state index is 13.8. The third-order valence-corrected chi connectivity index (χ3v) is 18.1. The molecule has 0 aliphatic rings. The molecule has 87 heavy (non-hydrogen) atoms. The molecular formula is C79H144O8. The van der Waals surface area contributed by atoms with Crippen molar-refractivity contribution in [3.05, 3.63) is 23.8 Å². The lowest BCUT2D eigenvalue weighted by Gasteiger charge is -2.22. The smallest absolute Gasteiger partial charge is 0.311 e. The zero-order valence-electron chi connectivity index (χ0n) is 58.3. The summed E-state index contributed by atoms with van der Waals surface area (Å²) in [6.45, 7) is 9.10. The Morgan fingerprint density at radius 3 is 0.678 bits per heavy atom. The number of unbranched alkanes of at least 4 members (excludes halogenated alkanes) is 56. The summed E-state index contributed by atoms with van der Waals surface area (Å²) in [6.07, 6.45) is 73.4. The Labute approximate surface area is 539 Å². The second-order valence-corrected chi connectivity index (χ2v) is 26.7. The minimum atomic E-state index is -1.46. The van der Waals surface area contributed by atoms with Gasteiger partial charge in [-0.3, -0.25) is 19.2 Å². The van der Waals surface area contributed by atoms with Crippen molar-refractivity contribution in [3.63, 3.8) is 0 Å². The Hall–Kier alpha value is -2.90. The maximum atomic E-state index is 13.8. The largest absolute Gasteiger partial charge is 0.422 e. The van der Waals surface area contributed by atoms with Gasteiger partial charge in [0.15, 0.2) is 11.5 Å². The highest BCUT2D eigenvalue weighted by atomic mass is 16.7. The van der Waals surface area contributed by atoms with Crippen LogP contribution in [0.25, 0.3) is 0 Å². The molecule has 0 amide bonds. The lowest BCUT2D eigenvalue weighted by molar-refractivity contribution is -0.190. The molecule has 1 aromatic carbocycles. The number of ether oxygens (including phenoxy) is 4. The lowest BCUT2D eigenvalue weighted by atomic mass is 10.0. The van der Waals surface area contributed by atoms with Gasteiger partial charge in [-0.2, -0.15) is 0 Å². The molecule has 0 bridgehead atoms. The van der Waals surface area contributed by atoms with Crippen molar-refractivity contribution < 1.29 is 38.1 Å². The van der Waals surface area contributed by atoms with Crippen LogP contribution in [0.5, 0.6) is 11.5 Å². The molecule has 0 atom stereocenters. The third kappa shape index (κ3) is 55.7. The zero-order valence-corrected chi connectivity index (χ0v) is 58.3. The number of hydrogen-bond acceptors (Lipinski definition) is 8. The number of carbonyl (C=O) groups is 4. The predicted octanol–water partition coefficient (Wildman–Crippen LogP) is 26.6. The summed E-state index contributed by atoms with van der Waals surface area (Å²) in [5.74, 6) is -1.75. The summed E-state index contributed by atoms with van der Waals surface area (Å²) in [5.41, 5.74) is 0.201. The second kappa shape index (κ2) is 66.0. The SMILES string of the molecule is CCCCCCCCCCCCCCCCCC(=O)Oc1cccc(C(OC(=O)CCCCCCCCCCCCCCCCC)OC(=O)CCCCCCCCCCCCCCCCC)c1OC(=O)CCCCCCCCCCCCCCCCC. The van der Waals surface area contributed by atoms with Crippen LogP contribution in [0.15, 0.2) is 18.2 Å². The van der Waals surface area contributed by atoms with Crippen molar-refractivity contribution in [1.82, 2.24) is 0 Å². The van der Waals surface area contributed by atoms with E-state index < -0.39 is 30.2 Å². The molecule has 0 saturated carbocycles. The number of hydrogen-bond donors (Lipinski definition) is 0. The van der Waals surface area contributed by atoms with Gasteiger partial charge in [-0.15, -0.1) is 0 Å². The summed E-state index contributed by atoms with van der Waals surface area (Å²) >= 11 is 0. The Morgan fingerprint density at radius 2 is 0.448 bits per heavy atom. The quantitative estimate of drug-likeness (QED) is 0.0275. The van der Waals surface area contributed by atoms with Gasteiger partial charge >= 0.3 is 23.9 Å². The van der Waals surface area contributed by atoms with E-state index in [0.29, 0.717) is 25.7 Å². The molecule has 0 saturated heterocycles. The molecule has 0 radical (unpaired) electrons. The highest BCUT2D eigenvalue weighted by Gasteiger charge is 2.29. The summed E-state index contributed by atoms with van der Waals surface area (Å²) in [6, 6.07) is 4.97. The van der Waals surface area contributed by atoms with E-state index >= 15 is 0 Å². The molecular weight excluding hydrogens is 1080 g/mol. The average molecular weight is 1220 g/mol. The van der Waals surface area contributed by atoms with E-state index in [1.165, 1.54) is 289 Å². The fourth-order valence-electron chi connectivity index (χ4n) is 12.3. The van der Waals surface area contributed by atoms with E-state index in [4.69, 9.17) is 18.9 Å². The standard InChI is InChI=1S/C79H144O8/c1-5-9-13-17-21-25-29-33-37-41-45-49-53-57-61-68-74(80)84-73-67-65-66-72(78(73)85-75(81)69-62-58-54-50-46-42-38-34-30-26-22-18-14-10-6-2)79(86-76(82)70-63-59-55-51-47-43-39-35-31-27-23-19-15-11-7-3)87-77(83)71-64-60-56-52-48-44-40-36-32-28-24-20-16-12-8-4/h65-67,79H,5-64,68-71H2,1-4H3. The van der Waals surface area contributed by atoms with E-state index in [2.05, 4.69) is 27.7 Å². The topological polar surface area (TPSA) is 105 Å². The lowest BCUT2D eigenvalue weighted by Crippen LogP contribution is -2.20. The first-order valence-corrected chi connectivity index (χ1v) is 38.8. The number of rotatable bonds is 69. The van der Waals surface area contributed by atoms with Crippen LogP contribution in [0.1, 0.15) is 450 Å². The van der Waals surface area contributed by atoms with Crippen LogP contribution in [0.4, 0.5) is 0 Å². The van der Waals surface area contributed by atoms with Crippen LogP contribution in [-0.2, 0) is 28.7 Å². The maximum Gasteiger partial charge on any atom is 0.311 e. The van der Waals surface area contributed by atoms with Crippen LogP contribution >= 0.6 is 0 Å². The van der Waals surface area contributed by atoms with E-state index in [0.717, 1.165) is 70.6 Å². The van der Waals surface area contributed by atoms with Crippen LogP contribution in [0, 0.1) is 0 Å². The molecule has 0 aromatic heterocycles. The Bertz CT molecular complexity index is 1610. The molecule has 0 aliphatic carbocycles. The molecule has 0 fully saturated rings. The molecule has 0 N–H and O–H groups in total. The molecule has 0 heterocycles. The highest BCUT2D eigenvalue weighted by Crippen LogP contribution is 2.39. The normalized spacial score (nSPS) is 11.5. The van der Waals surface area contributed by atoms with Gasteiger partial charge in [0, 0.05) is 25.7 Å². The van der Waals surface area contributed by atoms with Gasteiger partial charge in [-0.25, -0.2) is 0 Å². The van der Waals surface area contributed by atoms with Gasteiger partial charge in [-0.05, 0) is 37.8 Å². The molecule has 1 rings (SSSR count). The first-order chi connectivity index (χ1) is 42.9. The molecule has 1 aromatic rings. The van der Waals surface area contributed by atoms with Crippen LogP contribution < -0.4 is 9.47 Å². The van der Waals surface area contributed by atoms with Gasteiger partial charge in [0.1, 0.15) is 0 Å². The minimum absolute atomic E-state index is 0.0159. The van der Waals surface area contributed by atoms with Crippen molar-refractivity contribution in [2.24, 2.45) is 0 Å². The van der Waals surface area contributed by atoms with Crippen LogP contribution in [0.2, 0.25) is 0 Å². The number of carbonyl (C=O) groups excluding carboxylic acids is 4. The van der Waals surface area contributed by atoms with Gasteiger partial charge in [0.25, 0.3) is 6.29 Å². The van der Waals surface area contributed by atoms with E-state index in [9.17, 15) is 19.2 Å². The van der Waals surface area contributed by atoms with Crippen LogP contribution in [-0.4, -0.2) is 23.9 Å². The molecule has 508 valence electrons. The van der Waals surface area contributed by atoms with E-state index in [1.54, 1.807) is 18.2 Å². The number of benzene rings is 1. The molecule has 0 spiro atoms. The number of para-hydroxylation sites is 1. The first-order valence-electron chi connectivity index (χ1n) is 38.8. The molecule has 0 aliphatic heterocycles. The van der Waals surface area contributed by atoms with Crippen molar-refractivity contribution >= 4 is 23.9 Å². The van der Waals surface area contributed by atoms with Crippen LogP contribution in [0.3, 0.4) is 0 Å². The first kappa shape index (κ1) is 82.1. The minimum Gasteiger partial charge on any atom is -0.422 e. The van der Waals surface area contributed by atoms with Gasteiger partial charge in [0.05, 0.1) is 5.56 Å². The average Bonchev–Trinajstić information content (AvgIpc) is 2.55. The van der Waals surface area contributed by atoms with E-state index in [-0.39, 0.29) is 42.7 Å². The fourth-order valence-corrected chi connectivity index (χ4v) is 12.3. The molecule has 8 nitrogen and oxygen atoms in total. The van der Waals surface area contributed by atoms with Gasteiger partial charge in [-0.1, -0.05) is 393 Å². The third-order valence-electron chi connectivity index (χ3n) is 18.1. The highest BCUT2D eigenvalue weighted by molar-refractivity contribution is 5.77. The fraction of sp³-hybridized carbons (Fsp3) is 0.873. The van der Waals surface area contributed by atoms with Gasteiger partial charge in [0.2, 0.25) is 0 Å².